The van der Waals surface area contributed by atoms with Crippen molar-refractivity contribution in [3.63, 3.8) is 0 Å². The molecule has 0 bridgehead atoms. The minimum atomic E-state index is -0.0326. The zero-order valence-corrected chi connectivity index (χ0v) is 13.9. The molecular weight excluding hydrogens is 315 g/mol. The van der Waals surface area contributed by atoms with E-state index >= 15 is 0 Å². The maximum absolute atomic E-state index is 9.56. The van der Waals surface area contributed by atoms with E-state index in [0.29, 0.717) is 10.0 Å². The first kappa shape index (κ1) is 15.7. The van der Waals surface area contributed by atoms with Gasteiger partial charge in [-0.15, -0.1) is 0 Å². The van der Waals surface area contributed by atoms with Crippen molar-refractivity contribution in [1.29, 1.82) is 0 Å². The number of aromatic nitrogens is 2. The fourth-order valence-electron chi connectivity index (χ4n) is 1.90. The Morgan fingerprint density at radius 2 is 1.85 bits per heavy atom. The van der Waals surface area contributed by atoms with Gasteiger partial charge in [0.2, 0.25) is 0 Å². The average molecular weight is 331 g/mol. The summed E-state index contributed by atoms with van der Waals surface area (Å²) in [5.74, 6) is 0. The summed E-state index contributed by atoms with van der Waals surface area (Å²) in [5.41, 5.74) is 1.69. The van der Waals surface area contributed by atoms with Gasteiger partial charge in [0.15, 0.2) is 0 Å². The molecule has 0 aliphatic rings. The number of aliphatic hydroxyl groups is 1. The first-order valence-electron chi connectivity index (χ1n) is 6.25. The molecule has 0 radical (unpaired) electrons. The van der Waals surface area contributed by atoms with Crippen LogP contribution < -0.4 is 0 Å². The Bertz CT molecular complexity index is 606. The van der Waals surface area contributed by atoms with E-state index in [9.17, 15) is 5.11 Å². The van der Waals surface area contributed by atoms with Crippen LogP contribution in [0.2, 0.25) is 10.0 Å². The molecule has 0 atom stereocenters. The maximum Gasteiger partial charge on any atom is 0.105 e. The number of benzene rings is 1. The number of halogens is 2. The van der Waals surface area contributed by atoms with E-state index in [1.807, 2.05) is 23.7 Å². The van der Waals surface area contributed by atoms with Gasteiger partial charge in [-0.1, -0.05) is 35.0 Å². The van der Waals surface area contributed by atoms with Crippen LogP contribution in [0.25, 0.3) is 0 Å². The van der Waals surface area contributed by atoms with Crippen molar-refractivity contribution in [3.8, 4) is 0 Å². The van der Waals surface area contributed by atoms with Crippen molar-refractivity contribution in [1.82, 2.24) is 9.78 Å². The summed E-state index contributed by atoms with van der Waals surface area (Å²) < 4.78 is 1.92. The molecule has 1 aromatic carbocycles. The third-order valence-corrected chi connectivity index (χ3v) is 4.39. The quantitative estimate of drug-likeness (QED) is 0.881. The van der Waals surface area contributed by atoms with Crippen LogP contribution in [0.1, 0.15) is 31.1 Å². The Morgan fingerprint density at radius 1 is 1.25 bits per heavy atom. The third kappa shape index (κ3) is 3.31. The van der Waals surface area contributed by atoms with Gasteiger partial charge in [0.05, 0.1) is 12.3 Å². The molecule has 6 heteroatoms. The van der Waals surface area contributed by atoms with E-state index in [1.54, 1.807) is 6.07 Å². The van der Waals surface area contributed by atoms with Crippen molar-refractivity contribution in [2.75, 3.05) is 0 Å². The summed E-state index contributed by atoms with van der Waals surface area (Å²) >= 11 is 13.6. The molecule has 2 aromatic rings. The number of aliphatic hydroxyl groups excluding tert-OH is 1. The highest BCUT2D eigenvalue weighted by molar-refractivity contribution is 7.99. The van der Waals surface area contributed by atoms with Gasteiger partial charge >= 0.3 is 0 Å². The summed E-state index contributed by atoms with van der Waals surface area (Å²) in [7, 11) is 0. The van der Waals surface area contributed by atoms with Crippen molar-refractivity contribution >= 4 is 35.0 Å². The normalized spacial score (nSPS) is 11.3. The minimum absolute atomic E-state index is 0.0326. The molecule has 0 fully saturated rings. The molecule has 0 spiro atoms. The van der Waals surface area contributed by atoms with Gasteiger partial charge in [0.25, 0.3) is 0 Å². The second-order valence-electron chi connectivity index (χ2n) is 4.77. The molecule has 1 aromatic heterocycles. The van der Waals surface area contributed by atoms with Crippen molar-refractivity contribution in [3.05, 3.63) is 39.5 Å². The lowest BCUT2D eigenvalue weighted by Gasteiger charge is -2.12. The summed E-state index contributed by atoms with van der Waals surface area (Å²) in [6, 6.07) is 5.62. The van der Waals surface area contributed by atoms with Gasteiger partial charge in [-0.3, -0.25) is 4.68 Å². The fourth-order valence-corrected chi connectivity index (χ4v) is 3.83. The zero-order chi connectivity index (χ0) is 14.9. The van der Waals surface area contributed by atoms with Gasteiger partial charge < -0.3 is 5.11 Å². The molecule has 0 unspecified atom stereocenters. The molecule has 1 heterocycles. The molecule has 0 aliphatic heterocycles. The topological polar surface area (TPSA) is 38.0 Å². The highest BCUT2D eigenvalue weighted by Gasteiger charge is 2.17. The molecular formula is C14H16Cl2N2OS. The average Bonchev–Trinajstić information content (AvgIpc) is 2.64. The van der Waals surface area contributed by atoms with E-state index in [2.05, 4.69) is 18.9 Å². The van der Waals surface area contributed by atoms with Crippen LogP contribution in [-0.4, -0.2) is 14.9 Å². The predicted molar refractivity (Wildman–Crippen MR) is 83.9 cm³/mol. The zero-order valence-electron chi connectivity index (χ0n) is 11.5. The summed E-state index contributed by atoms with van der Waals surface area (Å²) in [6.07, 6.45) is 0. The standard InChI is InChI=1S/C14H16Cl2N2OS/c1-8(2)18-14(13(7-19)9(3)17-18)20-12-5-10(15)4-11(16)6-12/h4-6,8,19H,7H2,1-3H3. The number of hydrogen-bond donors (Lipinski definition) is 1. The van der Waals surface area contributed by atoms with Crippen LogP contribution in [-0.2, 0) is 6.61 Å². The van der Waals surface area contributed by atoms with Crippen molar-refractivity contribution < 1.29 is 5.11 Å². The maximum atomic E-state index is 9.56. The predicted octanol–water partition coefficient (Wildman–Crippen LogP) is 4.72. The van der Waals surface area contributed by atoms with Crippen LogP contribution in [0, 0.1) is 6.92 Å². The number of rotatable bonds is 4. The molecule has 0 saturated heterocycles. The molecule has 2 rings (SSSR count). The summed E-state index contributed by atoms with van der Waals surface area (Å²) in [5, 5.41) is 16.2. The first-order valence-corrected chi connectivity index (χ1v) is 7.82. The number of nitrogens with zero attached hydrogens (tertiary/aromatic N) is 2. The van der Waals surface area contributed by atoms with Gasteiger partial charge in [-0.05, 0) is 39.0 Å². The Balaban J connectivity index is 2.46. The van der Waals surface area contributed by atoms with Gasteiger partial charge in [-0.2, -0.15) is 5.10 Å². The highest BCUT2D eigenvalue weighted by atomic mass is 35.5. The first-order chi connectivity index (χ1) is 9.42. The van der Waals surface area contributed by atoms with Gasteiger partial charge in [0, 0.05) is 26.5 Å². The SMILES string of the molecule is Cc1nn(C(C)C)c(Sc2cc(Cl)cc(Cl)c2)c1CO. The Hall–Kier alpha value is -0.680. The third-order valence-electron chi connectivity index (χ3n) is 2.86. The van der Waals surface area contributed by atoms with E-state index in [0.717, 1.165) is 21.2 Å². The minimum Gasteiger partial charge on any atom is -0.392 e. The Kier molecular flexibility index (Phi) is 5.02. The van der Waals surface area contributed by atoms with Crippen molar-refractivity contribution in [2.45, 2.75) is 43.3 Å². The lowest BCUT2D eigenvalue weighted by Crippen LogP contribution is -2.04. The second kappa shape index (κ2) is 6.39. The van der Waals surface area contributed by atoms with Crippen LogP contribution in [0.5, 0.6) is 0 Å². The number of aryl methyl sites for hydroxylation is 1. The van der Waals surface area contributed by atoms with E-state index in [-0.39, 0.29) is 12.6 Å². The lowest BCUT2D eigenvalue weighted by molar-refractivity contribution is 0.277. The van der Waals surface area contributed by atoms with Crippen LogP contribution in [0.15, 0.2) is 28.1 Å². The smallest absolute Gasteiger partial charge is 0.105 e. The number of hydrogen-bond acceptors (Lipinski definition) is 3. The van der Waals surface area contributed by atoms with Gasteiger partial charge in [-0.25, -0.2) is 0 Å². The van der Waals surface area contributed by atoms with Crippen LogP contribution >= 0.6 is 35.0 Å². The Labute approximate surface area is 132 Å². The molecule has 0 amide bonds. The summed E-state index contributed by atoms with van der Waals surface area (Å²) in [6.45, 7) is 5.99. The van der Waals surface area contributed by atoms with E-state index in [4.69, 9.17) is 23.2 Å². The van der Waals surface area contributed by atoms with Crippen LogP contribution in [0.3, 0.4) is 0 Å². The van der Waals surface area contributed by atoms with Gasteiger partial charge in [0.1, 0.15) is 5.03 Å². The van der Waals surface area contributed by atoms with Crippen LogP contribution in [0.4, 0.5) is 0 Å². The molecule has 108 valence electrons. The monoisotopic (exact) mass is 330 g/mol. The molecule has 20 heavy (non-hydrogen) atoms. The molecule has 0 saturated carbocycles. The molecule has 1 N–H and O–H groups in total. The fraction of sp³-hybridized carbons (Fsp3) is 0.357. The lowest BCUT2D eigenvalue weighted by atomic mass is 10.3. The molecule has 3 nitrogen and oxygen atoms in total. The van der Waals surface area contributed by atoms with E-state index in [1.165, 1.54) is 11.8 Å². The largest absolute Gasteiger partial charge is 0.392 e. The van der Waals surface area contributed by atoms with E-state index < -0.39 is 0 Å². The van der Waals surface area contributed by atoms with Crippen molar-refractivity contribution in [2.24, 2.45) is 0 Å². The summed E-state index contributed by atoms with van der Waals surface area (Å²) in [4.78, 5) is 0.930. The molecule has 0 aliphatic carbocycles. The second-order valence-corrected chi connectivity index (χ2v) is 6.71. The highest BCUT2D eigenvalue weighted by Crippen LogP contribution is 2.36. The Morgan fingerprint density at radius 3 is 2.35 bits per heavy atom.